The molecule has 1 heterocycles. The number of hydrogen-bond acceptors (Lipinski definition) is 4. The fourth-order valence-corrected chi connectivity index (χ4v) is 3.36. The summed E-state index contributed by atoms with van der Waals surface area (Å²) >= 11 is 0. The number of carbonyl (C=O) groups is 2. The number of esters is 1. The van der Waals surface area contributed by atoms with Crippen molar-refractivity contribution < 1.29 is 19.1 Å². The van der Waals surface area contributed by atoms with Crippen molar-refractivity contribution in [3.8, 4) is 0 Å². The molecule has 0 aliphatic carbocycles. The minimum atomic E-state index is -0.650. The summed E-state index contributed by atoms with van der Waals surface area (Å²) in [5, 5.41) is 2.67. The Morgan fingerprint density at radius 3 is 2.58 bits per heavy atom. The zero-order chi connectivity index (χ0) is 19.2. The van der Waals surface area contributed by atoms with Crippen molar-refractivity contribution in [2.24, 2.45) is 5.92 Å². The lowest BCUT2D eigenvalue weighted by Gasteiger charge is -2.23. The average Bonchev–Trinajstić information content (AvgIpc) is 2.57. The lowest BCUT2D eigenvalue weighted by molar-refractivity contribution is -0.151. The molecule has 1 aromatic carbocycles. The normalized spacial score (nSPS) is 24.6. The average molecular weight is 361 g/mol. The van der Waals surface area contributed by atoms with Crippen LogP contribution >= 0.6 is 0 Å². The molecule has 5 nitrogen and oxygen atoms in total. The van der Waals surface area contributed by atoms with Gasteiger partial charge in [-0.05, 0) is 64.9 Å². The van der Waals surface area contributed by atoms with Crippen molar-refractivity contribution in [3.05, 3.63) is 35.9 Å². The number of ether oxygens (including phenoxy) is 2. The highest BCUT2D eigenvalue weighted by atomic mass is 16.6. The van der Waals surface area contributed by atoms with E-state index < -0.39 is 17.7 Å². The van der Waals surface area contributed by atoms with Crippen LogP contribution in [0.2, 0.25) is 0 Å². The van der Waals surface area contributed by atoms with Crippen LogP contribution in [0.4, 0.5) is 4.79 Å². The minimum Gasteiger partial charge on any atom is -0.461 e. The van der Waals surface area contributed by atoms with E-state index in [-0.39, 0.29) is 12.1 Å². The molecule has 1 saturated heterocycles. The molecule has 26 heavy (non-hydrogen) atoms. The number of amides is 1. The largest absolute Gasteiger partial charge is 0.461 e. The number of rotatable bonds is 3. The Bertz CT molecular complexity index is 594. The van der Waals surface area contributed by atoms with Crippen molar-refractivity contribution >= 4 is 12.1 Å². The molecule has 0 bridgehead atoms. The van der Waals surface area contributed by atoms with Gasteiger partial charge in [0.25, 0.3) is 0 Å². The number of cyclic esters (lactones) is 1. The predicted molar refractivity (Wildman–Crippen MR) is 101 cm³/mol. The van der Waals surface area contributed by atoms with Gasteiger partial charge in [-0.25, -0.2) is 9.59 Å². The lowest BCUT2D eigenvalue weighted by Crippen LogP contribution is -2.44. The molecular weight excluding hydrogens is 330 g/mol. The van der Waals surface area contributed by atoms with Gasteiger partial charge < -0.3 is 14.8 Å². The van der Waals surface area contributed by atoms with Gasteiger partial charge in [0, 0.05) is 0 Å². The highest BCUT2D eigenvalue weighted by molar-refractivity contribution is 5.81. The summed E-state index contributed by atoms with van der Waals surface area (Å²) in [6.45, 7) is 7.31. The van der Waals surface area contributed by atoms with Crippen molar-refractivity contribution in [2.45, 2.75) is 77.5 Å². The molecule has 0 aromatic heterocycles. The molecule has 0 radical (unpaired) electrons. The Kier molecular flexibility index (Phi) is 7.06. The maximum absolute atomic E-state index is 12.4. The smallest absolute Gasteiger partial charge is 0.408 e. The first kappa shape index (κ1) is 20.3. The number of carbonyl (C=O) groups excluding carboxylic acids is 2. The molecule has 0 unspecified atom stereocenters. The van der Waals surface area contributed by atoms with Crippen molar-refractivity contribution in [1.29, 1.82) is 0 Å². The highest BCUT2D eigenvalue weighted by Crippen LogP contribution is 2.24. The summed E-state index contributed by atoms with van der Waals surface area (Å²) < 4.78 is 10.8. The fraction of sp³-hybridized carbons (Fsp3) is 0.619. The summed E-state index contributed by atoms with van der Waals surface area (Å²) in [6, 6.07) is 9.74. The monoisotopic (exact) mass is 361 g/mol. The van der Waals surface area contributed by atoms with Crippen LogP contribution in [-0.2, 0) is 20.7 Å². The molecule has 144 valence electrons. The molecule has 1 fully saturated rings. The van der Waals surface area contributed by atoms with Crippen LogP contribution in [0.3, 0.4) is 0 Å². The third-order valence-corrected chi connectivity index (χ3v) is 4.43. The Morgan fingerprint density at radius 1 is 1.23 bits per heavy atom. The Labute approximate surface area is 156 Å². The Morgan fingerprint density at radius 2 is 1.92 bits per heavy atom. The third kappa shape index (κ3) is 7.06. The molecule has 1 aromatic rings. The van der Waals surface area contributed by atoms with E-state index in [0.717, 1.165) is 25.7 Å². The summed E-state index contributed by atoms with van der Waals surface area (Å²) in [5.41, 5.74) is 0.708. The van der Waals surface area contributed by atoms with E-state index in [1.807, 2.05) is 13.0 Å². The molecule has 0 saturated carbocycles. The first-order valence-corrected chi connectivity index (χ1v) is 9.47. The van der Waals surface area contributed by atoms with Gasteiger partial charge >= 0.3 is 12.1 Å². The molecule has 1 N–H and O–H groups in total. The first-order chi connectivity index (χ1) is 12.2. The van der Waals surface area contributed by atoms with Gasteiger partial charge in [0.1, 0.15) is 11.6 Å². The van der Waals surface area contributed by atoms with Gasteiger partial charge in [-0.2, -0.15) is 0 Å². The van der Waals surface area contributed by atoms with E-state index in [1.54, 1.807) is 20.8 Å². The van der Waals surface area contributed by atoms with E-state index in [0.29, 0.717) is 12.3 Å². The Balaban J connectivity index is 1.96. The molecule has 5 heteroatoms. The maximum atomic E-state index is 12.4. The van der Waals surface area contributed by atoms with Gasteiger partial charge in [-0.1, -0.05) is 36.8 Å². The molecule has 1 amide bonds. The summed E-state index contributed by atoms with van der Waals surface area (Å²) in [5.74, 6) is 0.0872. The van der Waals surface area contributed by atoms with Gasteiger partial charge in [-0.3, -0.25) is 0 Å². The van der Waals surface area contributed by atoms with E-state index in [1.165, 1.54) is 5.56 Å². The van der Waals surface area contributed by atoms with Crippen LogP contribution in [0.25, 0.3) is 0 Å². The van der Waals surface area contributed by atoms with Crippen LogP contribution in [0.1, 0.15) is 58.9 Å². The second-order valence-electron chi connectivity index (χ2n) is 8.17. The summed E-state index contributed by atoms with van der Waals surface area (Å²) in [4.78, 5) is 24.4. The molecule has 2 rings (SSSR count). The molecule has 1 aliphatic rings. The zero-order valence-electron chi connectivity index (χ0n) is 16.3. The molecular formula is C21H31NO4. The van der Waals surface area contributed by atoms with Gasteiger partial charge in [-0.15, -0.1) is 0 Å². The van der Waals surface area contributed by atoms with Crippen LogP contribution in [-0.4, -0.2) is 29.8 Å². The predicted octanol–water partition coefficient (Wildman–Crippen LogP) is 4.24. The van der Waals surface area contributed by atoms with Gasteiger partial charge in [0.2, 0.25) is 0 Å². The third-order valence-electron chi connectivity index (χ3n) is 4.43. The SMILES string of the molecule is C[C@H]1C[C@@H](Cc2ccccc2)CCC[C@H](NC(=O)OC(C)(C)C)C(=O)O1. The van der Waals surface area contributed by atoms with E-state index >= 15 is 0 Å². The second-order valence-corrected chi connectivity index (χ2v) is 8.17. The van der Waals surface area contributed by atoms with E-state index in [2.05, 4.69) is 29.6 Å². The van der Waals surface area contributed by atoms with Crippen LogP contribution < -0.4 is 5.32 Å². The first-order valence-electron chi connectivity index (χ1n) is 9.47. The summed E-state index contributed by atoms with van der Waals surface area (Å²) in [6.07, 6.45) is 3.50. The standard InChI is InChI=1S/C21H31NO4/c1-15-13-17(14-16-9-6-5-7-10-16)11-8-12-18(19(23)25-15)22-20(24)26-21(2,3)4/h5-7,9-10,15,17-18H,8,11-14H2,1-4H3,(H,22,24)/t15-,17-,18-/m0/s1. The van der Waals surface area contributed by atoms with E-state index in [4.69, 9.17) is 9.47 Å². The second kappa shape index (κ2) is 9.06. The number of benzene rings is 1. The van der Waals surface area contributed by atoms with Crippen molar-refractivity contribution in [1.82, 2.24) is 5.32 Å². The van der Waals surface area contributed by atoms with Crippen LogP contribution in [0.15, 0.2) is 30.3 Å². The van der Waals surface area contributed by atoms with Crippen LogP contribution in [0.5, 0.6) is 0 Å². The maximum Gasteiger partial charge on any atom is 0.408 e. The van der Waals surface area contributed by atoms with Crippen LogP contribution in [0, 0.1) is 5.92 Å². The number of hydrogen-bond donors (Lipinski definition) is 1. The number of nitrogens with one attached hydrogen (secondary N) is 1. The number of alkyl carbamates (subject to hydrolysis) is 1. The van der Waals surface area contributed by atoms with E-state index in [9.17, 15) is 9.59 Å². The van der Waals surface area contributed by atoms with Gasteiger partial charge in [0.15, 0.2) is 0 Å². The summed E-state index contributed by atoms with van der Waals surface area (Å²) in [7, 11) is 0. The fourth-order valence-electron chi connectivity index (χ4n) is 3.36. The molecule has 3 atom stereocenters. The zero-order valence-corrected chi connectivity index (χ0v) is 16.3. The molecule has 0 spiro atoms. The lowest BCUT2D eigenvalue weighted by atomic mass is 9.89. The highest BCUT2D eigenvalue weighted by Gasteiger charge is 2.29. The topological polar surface area (TPSA) is 64.6 Å². The quantitative estimate of drug-likeness (QED) is 0.818. The minimum absolute atomic E-state index is 0.169. The Hall–Kier alpha value is -2.04. The van der Waals surface area contributed by atoms with Gasteiger partial charge in [0.05, 0.1) is 6.10 Å². The van der Waals surface area contributed by atoms with Crippen molar-refractivity contribution in [3.63, 3.8) is 0 Å². The van der Waals surface area contributed by atoms with Crippen molar-refractivity contribution in [2.75, 3.05) is 0 Å². The molecule has 1 aliphatic heterocycles.